The summed E-state index contributed by atoms with van der Waals surface area (Å²) in [4.78, 5) is 0. The molecule has 4 nitrogen and oxygen atoms in total. The molecule has 0 saturated carbocycles. The zero-order valence-electron chi connectivity index (χ0n) is 9.22. The number of aryl methyl sites for hydroxylation is 1. The molecule has 86 valence electrons. The molecule has 2 aromatic rings. The van der Waals surface area contributed by atoms with Gasteiger partial charge in [0.15, 0.2) is 5.75 Å². The molecule has 0 bridgehead atoms. The highest BCUT2D eigenvalue weighted by Gasteiger charge is 2.10. The van der Waals surface area contributed by atoms with E-state index >= 15 is 0 Å². The molecule has 1 aromatic heterocycles. The Hall–Kier alpha value is -2.35. The summed E-state index contributed by atoms with van der Waals surface area (Å²) in [7, 11) is 0. The smallest absolute Gasteiger partial charge is 0.165 e. The van der Waals surface area contributed by atoms with E-state index < -0.39 is 5.82 Å². The molecule has 0 N–H and O–H groups in total. The van der Waals surface area contributed by atoms with Crippen LogP contribution in [0.4, 0.5) is 4.39 Å². The van der Waals surface area contributed by atoms with Crippen LogP contribution in [0.25, 0.3) is 0 Å². The number of nitrogens with zero attached hydrogens (tertiary/aromatic N) is 3. The van der Waals surface area contributed by atoms with Crippen LogP contribution in [-0.2, 0) is 6.54 Å². The second-order valence-electron chi connectivity index (χ2n) is 3.36. The first-order valence-corrected chi connectivity index (χ1v) is 5.13. The Morgan fingerprint density at radius 2 is 2.35 bits per heavy atom. The molecule has 5 heteroatoms. The Morgan fingerprint density at radius 1 is 1.53 bits per heavy atom. The standard InChI is InChI=1S/C12H10FN3O/c1-2-16-8-9(7-15-16)17-12-5-3-4-11(13)10(12)6-14/h3-5,7-8H,2H2,1H3. The number of ether oxygens (including phenoxy) is 1. The number of rotatable bonds is 3. The van der Waals surface area contributed by atoms with Crippen LogP contribution in [0.1, 0.15) is 12.5 Å². The normalized spacial score (nSPS) is 9.94. The van der Waals surface area contributed by atoms with Crippen molar-refractivity contribution in [2.45, 2.75) is 13.5 Å². The fourth-order valence-electron chi connectivity index (χ4n) is 1.40. The second-order valence-corrected chi connectivity index (χ2v) is 3.36. The number of benzene rings is 1. The Morgan fingerprint density at radius 3 is 3.00 bits per heavy atom. The van der Waals surface area contributed by atoms with Crippen LogP contribution in [0.3, 0.4) is 0 Å². The Bertz CT molecular complexity index is 571. The van der Waals surface area contributed by atoms with Crippen LogP contribution in [0.5, 0.6) is 11.5 Å². The van der Waals surface area contributed by atoms with Crippen molar-refractivity contribution in [2.24, 2.45) is 0 Å². The summed E-state index contributed by atoms with van der Waals surface area (Å²) >= 11 is 0. The SMILES string of the molecule is CCn1cc(Oc2cccc(F)c2C#N)cn1. The van der Waals surface area contributed by atoms with Crippen molar-refractivity contribution in [1.82, 2.24) is 9.78 Å². The third kappa shape index (κ3) is 2.26. The lowest BCUT2D eigenvalue weighted by molar-refractivity contribution is 0.473. The highest BCUT2D eigenvalue weighted by Crippen LogP contribution is 2.26. The second kappa shape index (κ2) is 4.66. The van der Waals surface area contributed by atoms with Gasteiger partial charge in [-0.05, 0) is 19.1 Å². The molecule has 0 aliphatic rings. The van der Waals surface area contributed by atoms with Crippen LogP contribution in [0.15, 0.2) is 30.6 Å². The lowest BCUT2D eigenvalue weighted by Gasteiger charge is -2.04. The maximum absolute atomic E-state index is 13.3. The average Bonchev–Trinajstić information content (AvgIpc) is 2.77. The lowest BCUT2D eigenvalue weighted by Crippen LogP contribution is -1.93. The van der Waals surface area contributed by atoms with Crippen LogP contribution >= 0.6 is 0 Å². The van der Waals surface area contributed by atoms with E-state index in [2.05, 4.69) is 5.10 Å². The van der Waals surface area contributed by atoms with Crippen molar-refractivity contribution >= 4 is 0 Å². The van der Waals surface area contributed by atoms with Crippen molar-refractivity contribution < 1.29 is 9.13 Å². The van der Waals surface area contributed by atoms with Gasteiger partial charge in [0, 0.05) is 6.54 Å². The summed E-state index contributed by atoms with van der Waals surface area (Å²) in [6, 6.07) is 6.04. The Balaban J connectivity index is 2.30. The van der Waals surface area contributed by atoms with Crippen LogP contribution in [0, 0.1) is 17.1 Å². The third-order valence-corrected chi connectivity index (χ3v) is 2.25. The molecule has 0 saturated heterocycles. The summed E-state index contributed by atoms with van der Waals surface area (Å²) < 4.78 is 20.4. The zero-order valence-corrected chi connectivity index (χ0v) is 9.22. The van der Waals surface area contributed by atoms with Gasteiger partial charge in [-0.25, -0.2) is 4.39 Å². The molecule has 0 unspecified atom stereocenters. The first kappa shape index (κ1) is 11.1. The lowest BCUT2D eigenvalue weighted by atomic mass is 10.2. The molecule has 0 fully saturated rings. The molecule has 1 heterocycles. The van der Waals surface area contributed by atoms with Gasteiger partial charge in [0.1, 0.15) is 23.2 Å². The number of halogens is 1. The minimum atomic E-state index is -0.590. The highest BCUT2D eigenvalue weighted by atomic mass is 19.1. The van der Waals surface area contributed by atoms with Crippen molar-refractivity contribution in [2.75, 3.05) is 0 Å². The molecule has 1 aromatic carbocycles. The molecule has 17 heavy (non-hydrogen) atoms. The van der Waals surface area contributed by atoms with E-state index in [1.165, 1.54) is 18.3 Å². The molecule has 0 spiro atoms. The molecule has 2 rings (SSSR count). The summed E-state index contributed by atoms with van der Waals surface area (Å²) in [6.45, 7) is 2.66. The van der Waals surface area contributed by atoms with Gasteiger partial charge in [-0.2, -0.15) is 10.4 Å². The summed E-state index contributed by atoms with van der Waals surface area (Å²) in [5.41, 5.74) is -0.100. The maximum Gasteiger partial charge on any atom is 0.165 e. The Kier molecular flexibility index (Phi) is 3.06. The predicted molar refractivity (Wildman–Crippen MR) is 59.1 cm³/mol. The van der Waals surface area contributed by atoms with Gasteiger partial charge >= 0.3 is 0 Å². The van der Waals surface area contributed by atoms with Gasteiger partial charge in [-0.1, -0.05) is 6.07 Å². The zero-order chi connectivity index (χ0) is 12.3. The monoisotopic (exact) mass is 231 g/mol. The average molecular weight is 231 g/mol. The van der Waals surface area contributed by atoms with Crippen molar-refractivity contribution in [3.63, 3.8) is 0 Å². The van der Waals surface area contributed by atoms with Crippen molar-refractivity contribution in [1.29, 1.82) is 5.26 Å². The van der Waals surface area contributed by atoms with E-state index in [0.717, 1.165) is 6.54 Å². The Labute approximate surface area is 97.9 Å². The van der Waals surface area contributed by atoms with E-state index in [-0.39, 0.29) is 11.3 Å². The van der Waals surface area contributed by atoms with Crippen molar-refractivity contribution in [3.05, 3.63) is 42.0 Å². The maximum atomic E-state index is 13.3. The summed E-state index contributed by atoms with van der Waals surface area (Å²) in [6.07, 6.45) is 3.21. The van der Waals surface area contributed by atoms with Crippen LogP contribution in [-0.4, -0.2) is 9.78 Å². The van der Waals surface area contributed by atoms with Gasteiger partial charge in [0.2, 0.25) is 0 Å². The fourth-order valence-corrected chi connectivity index (χ4v) is 1.40. The van der Waals surface area contributed by atoms with Gasteiger partial charge in [0.25, 0.3) is 0 Å². The highest BCUT2D eigenvalue weighted by molar-refractivity contribution is 5.45. The number of hydrogen-bond donors (Lipinski definition) is 0. The van der Waals surface area contributed by atoms with Gasteiger partial charge < -0.3 is 4.74 Å². The first-order chi connectivity index (χ1) is 8.24. The molecular formula is C12H10FN3O. The van der Waals surface area contributed by atoms with E-state index in [0.29, 0.717) is 5.75 Å². The van der Waals surface area contributed by atoms with Crippen molar-refractivity contribution in [3.8, 4) is 17.6 Å². The first-order valence-electron chi connectivity index (χ1n) is 5.13. The summed E-state index contributed by atoms with van der Waals surface area (Å²) in [5.74, 6) is 0.0880. The fraction of sp³-hybridized carbons (Fsp3) is 0.167. The van der Waals surface area contributed by atoms with Gasteiger partial charge in [0.05, 0.1) is 12.4 Å². The van der Waals surface area contributed by atoms with Crippen LogP contribution < -0.4 is 4.74 Å². The quantitative estimate of drug-likeness (QED) is 0.816. The minimum absolute atomic E-state index is 0.100. The number of hydrogen-bond acceptors (Lipinski definition) is 3. The third-order valence-electron chi connectivity index (χ3n) is 2.25. The predicted octanol–water partition coefficient (Wildman–Crippen LogP) is 2.71. The molecule has 0 amide bonds. The number of nitriles is 1. The molecule has 0 aliphatic carbocycles. The van der Waals surface area contributed by atoms with E-state index in [1.54, 1.807) is 23.0 Å². The van der Waals surface area contributed by atoms with Crippen LogP contribution in [0.2, 0.25) is 0 Å². The largest absolute Gasteiger partial charge is 0.453 e. The number of aromatic nitrogens is 2. The molecule has 0 radical (unpaired) electrons. The molecule has 0 aliphatic heterocycles. The van der Waals surface area contributed by atoms with E-state index in [9.17, 15) is 4.39 Å². The van der Waals surface area contributed by atoms with E-state index in [4.69, 9.17) is 10.00 Å². The molecular weight excluding hydrogens is 221 g/mol. The van der Waals surface area contributed by atoms with Gasteiger partial charge in [-0.15, -0.1) is 0 Å². The molecule has 0 atom stereocenters. The topological polar surface area (TPSA) is 50.8 Å². The minimum Gasteiger partial charge on any atom is -0.453 e. The van der Waals surface area contributed by atoms with E-state index in [1.807, 2.05) is 6.92 Å². The summed E-state index contributed by atoms with van der Waals surface area (Å²) in [5, 5.41) is 12.9. The van der Waals surface area contributed by atoms with Gasteiger partial charge in [-0.3, -0.25) is 4.68 Å².